The zero-order valence-electron chi connectivity index (χ0n) is 15.3. The highest BCUT2D eigenvalue weighted by molar-refractivity contribution is 7.92. The Labute approximate surface area is 168 Å². The lowest BCUT2D eigenvalue weighted by Gasteiger charge is -2.24. The molecule has 1 amide bonds. The van der Waals surface area contributed by atoms with Gasteiger partial charge in [-0.05, 0) is 35.9 Å². The fourth-order valence-electron chi connectivity index (χ4n) is 2.68. The van der Waals surface area contributed by atoms with Gasteiger partial charge in [-0.15, -0.1) is 0 Å². The van der Waals surface area contributed by atoms with Crippen LogP contribution in [0.15, 0.2) is 36.4 Å². The molecule has 0 aliphatic carbocycles. The number of ether oxygens (including phenoxy) is 3. The summed E-state index contributed by atoms with van der Waals surface area (Å²) < 4.78 is 41.2. The van der Waals surface area contributed by atoms with Crippen LogP contribution in [0.5, 0.6) is 17.2 Å². The van der Waals surface area contributed by atoms with Gasteiger partial charge in [0.25, 0.3) is 0 Å². The van der Waals surface area contributed by atoms with Gasteiger partial charge in [-0.25, -0.2) is 8.42 Å². The monoisotopic (exact) mass is 426 g/mol. The van der Waals surface area contributed by atoms with Crippen molar-refractivity contribution in [1.82, 2.24) is 5.32 Å². The molecule has 1 aliphatic heterocycles. The third kappa shape index (κ3) is 4.60. The van der Waals surface area contributed by atoms with E-state index in [1.54, 1.807) is 30.3 Å². The molecule has 10 heteroatoms. The Bertz CT molecular complexity index is 996. The summed E-state index contributed by atoms with van der Waals surface area (Å²) in [7, 11) is -2.35. The van der Waals surface area contributed by atoms with Crippen molar-refractivity contribution in [3.63, 3.8) is 0 Å². The summed E-state index contributed by atoms with van der Waals surface area (Å²) in [5.74, 6) is 1.06. The Kier molecular flexibility index (Phi) is 5.85. The van der Waals surface area contributed by atoms with E-state index in [1.165, 1.54) is 13.2 Å². The molecule has 0 atom stereocenters. The van der Waals surface area contributed by atoms with Crippen molar-refractivity contribution in [2.45, 2.75) is 6.54 Å². The number of anilines is 1. The number of rotatable bonds is 7. The van der Waals surface area contributed by atoms with Crippen molar-refractivity contribution in [1.29, 1.82) is 0 Å². The van der Waals surface area contributed by atoms with Gasteiger partial charge in [0.1, 0.15) is 12.3 Å². The Balaban J connectivity index is 1.73. The minimum absolute atomic E-state index is 0.163. The molecule has 1 aliphatic rings. The number of hydrogen-bond acceptors (Lipinski definition) is 6. The van der Waals surface area contributed by atoms with Gasteiger partial charge < -0.3 is 19.5 Å². The van der Waals surface area contributed by atoms with Crippen LogP contribution in [-0.2, 0) is 21.4 Å². The summed E-state index contributed by atoms with van der Waals surface area (Å²) in [6, 6.07) is 9.86. The van der Waals surface area contributed by atoms with Crippen LogP contribution in [-0.4, -0.2) is 41.0 Å². The standard InChI is InChI=1S/C18H19ClN2O6S/c1-25-15-6-4-13(19)8-14(15)21(28(2,23)24)10-18(22)20-9-12-3-5-16-17(7-12)27-11-26-16/h3-8H,9-11H2,1-2H3,(H,20,22). The molecule has 150 valence electrons. The fraction of sp³-hybridized carbons (Fsp3) is 0.278. The molecule has 0 fully saturated rings. The predicted molar refractivity (Wildman–Crippen MR) is 105 cm³/mol. The minimum atomic E-state index is -3.76. The first-order valence-electron chi connectivity index (χ1n) is 8.24. The predicted octanol–water partition coefficient (Wildman–Crippen LogP) is 2.16. The second kappa shape index (κ2) is 8.15. The lowest BCUT2D eigenvalue weighted by molar-refractivity contribution is -0.119. The van der Waals surface area contributed by atoms with Gasteiger partial charge in [0.05, 0.1) is 19.1 Å². The van der Waals surface area contributed by atoms with Crippen LogP contribution in [0.2, 0.25) is 5.02 Å². The van der Waals surface area contributed by atoms with E-state index in [-0.39, 0.29) is 19.0 Å². The number of halogens is 1. The summed E-state index contributed by atoms with van der Waals surface area (Å²) in [6.45, 7) is -0.0459. The molecule has 0 aromatic heterocycles. The van der Waals surface area contributed by atoms with Crippen LogP contribution in [0.3, 0.4) is 0 Å². The van der Waals surface area contributed by atoms with Crippen LogP contribution in [0, 0.1) is 0 Å². The molecule has 8 nitrogen and oxygen atoms in total. The molecule has 1 N–H and O–H groups in total. The van der Waals surface area contributed by atoms with Gasteiger partial charge in [0, 0.05) is 11.6 Å². The van der Waals surface area contributed by atoms with E-state index >= 15 is 0 Å². The third-order valence-electron chi connectivity index (χ3n) is 4.02. The number of methoxy groups -OCH3 is 1. The zero-order valence-corrected chi connectivity index (χ0v) is 16.8. The lowest BCUT2D eigenvalue weighted by Crippen LogP contribution is -2.40. The van der Waals surface area contributed by atoms with E-state index in [2.05, 4.69) is 5.32 Å². The van der Waals surface area contributed by atoms with Crippen LogP contribution < -0.4 is 23.8 Å². The average molecular weight is 427 g/mol. The van der Waals surface area contributed by atoms with Gasteiger partial charge in [-0.2, -0.15) is 0 Å². The number of fused-ring (bicyclic) bond motifs is 1. The summed E-state index contributed by atoms with van der Waals surface area (Å²) >= 11 is 5.99. The van der Waals surface area contributed by atoms with E-state index in [1.807, 2.05) is 0 Å². The first-order chi connectivity index (χ1) is 13.3. The van der Waals surface area contributed by atoms with Crippen molar-refractivity contribution in [3.8, 4) is 17.2 Å². The summed E-state index contributed by atoms with van der Waals surface area (Å²) in [5, 5.41) is 3.02. The minimum Gasteiger partial charge on any atom is -0.495 e. The van der Waals surface area contributed by atoms with Crippen LogP contribution in [0.4, 0.5) is 5.69 Å². The van der Waals surface area contributed by atoms with E-state index in [0.717, 1.165) is 16.1 Å². The second-order valence-electron chi connectivity index (χ2n) is 6.05. The molecule has 0 radical (unpaired) electrons. The third-order valence-corrected chi connectivity index (χ3v) is 5.39. The van der Waals surface area contributed by atoms with Crippen LogP contribution in [0.1, 0.15) is 5.56 Å². The molecule has 0 saturated carbocycles. The van der Waals surface area contributed by atoms with E-state index in [9.17, 15) is 13.2 Å². The van der Waals surface area contributed by atoms with Gasteiger partial charge in [0.15, 0.2) is 11.5 Å². The van der Waals surface area contributed by atoms with Crippen molar-refractivity contribution in [2.24, 2.45) is 0 Å². The summed E-state index contributed by atoms with van der Waals surface area (Å²) in [4.78, 5) is 12.4. The SMILES string of the molecule is COc1ccc(Cl)cc1N(CC(=O)NCc1ccc2c(c1)OCO2)S(C)(=O)=O. The molecule has 0 bridgehead atoms. The van der Waals surface area contributed by atoms with Gasteiger partial charge >= 0.3 is 0 Å². The Hall–Kier alpha value is -2.65. The molecule has 2 aromatic rings. The van der Waals surface area contributed by atoms with E-state index in [0.29, 0.717) is 22.3 Å². The Morgan fingerprint density at radius 2 is 1.96 bits per heavy atom. The van der Waals surface area contributed by atoms with Crippen molar-refractivity contribution in [3.05, 3.63) is 47.0 Å². The molecule has 28 heavy (non-hydrogen) atoms. The Morgan fingerprint density at radius 1 is 1.21 bits per heavy atom. The first-order valence-corrected chi connectivity index (χ1v) is 10.5. The maximum Gasteiger partial charge on any atom is 0.241 e. The van der Waals surface area contributed by atoms with E-state index < -0.39 is 22.5 Å². The normalized spacial score (nSPS) is 12.5. The number of nitrogens with one attached hydrogen (secondary N) is 1. The number of nitrogens with zero attached hydrogens (tertiary/aromatic N) is 1. The first kappa shape index (κ1) is 20.1. The molecule has 2 aromatic carbocycles. The number of benzene rings is 2. The van der Waals surface area contributed by atoms with Crippen LogP contribution >= 0.6 is 11.6 Å². The summed E-state index contributed by atoms with van der Waals surface area (Å²) in [6.07, 6.45) is 1.01. The smallest absolute Gasteiger partial charge is 0.241 e. The molecular weight excluding hydrogens is 408 g/mol. The van der Waals surface area contributed by atoms with Crippen LogP contribution in [0.25, 0.3) is 0 Å². The lowest BCUT2D eigenvalue weighted by atomic mass is 10.2. The number of sulfonamides is 1. The maximum atomic E-state index is 12.4. The largest absolute Gasteiger partial charge is 0.495 e. The van der Waals surface area contributed by atoms with Gasteiger partial charge in [-0.3, -0.25) is 9.10 Å². The second-order valence-corrected chi connectivity index (χ2v) is 8.39. The highest BCUT2D eigenvalue weighted by Gasteiger charge is 2.24. The molecule has 0 saturated heterocycles. The van der Waals surface area contributed by atoms with Crippen molar-refractivity contribution in [2.75, 3.05) is 31.0 Å². The molecule has 1 heterocycles. The van der Waals surface area contributed by atoms with Crippen molar-refractivity contribution < 1.29 is 27.4 Å². The molecule has 0 unspecified atom stereocenters. The Morgan fingerprint density at radius 3 is 2.68 bits per heavy atom. The number of carbonyl (C=O) groups excluding carboxylic acids is 1. The van der Waals surface area contributed by atoms with E-state index in [4.69, 9.17) is 25.8 Å². The number of amides is 1. The number of hydrogen-bond donors (Lipinski definition) is 1. The fourth-order valence-corrected chi connectivity index (χ4v) is 3.70. The van der Waals surface area contributed by atoms with Crippen molar-refractivity contribution >= 4 is 33.2 Å². The maximum absolute atomic E-state index is 12.4. The quantitative estimate of drug-likeness (QED) is 0.729. The highest BCUT2D eigenvalue weighted by atomic mass is 35.5. The molecular formula is C18H19ClN2O6S. The number of carbonyl (C=O) groups is 1. The summed E-state index contributed by atoms with van der Waals surface area (Å²) in [5.41, 5.74) is 0.986. The molecule has 3 rings (SSSR count). The average Bonchev–Trinajstić information content (AvgIpc) is 3.11. The molecule has 0 spiro atoms. The van der Waals surface area contributed by atoms with Gasteiger partial charge in [-0.1, -0.05) is 17.7 Å². The highest BCUT2D eigenvalue weighted by Crippen LogP contribution is 2.33. The topological polar surface area (TPSA) is 94.2 Å². The zero-order chi connectivity index (χ0) is 20.3. The van der Waals surface area contributed by atoms with Gasteiger partial charge in [0.2, 0.25) is 22.7 Å².